The predicted octanol–water partition coefficient (Wildman–Crippen LogP) is 0.137. The summed E-state index contributed by atoms with van der Waals surface area (Å²) in [4.78, 5) is 37.7. The minimum Gasteiger partial charge on any atom is -0.344 e. The second-order valence-corrected chi connectivity index (χ2v) is 5.01. The second-order valence-electron chi connectivity index (χ2n) is 5.01. The molecule has 0 aliphatic carbocycles. The zero-order valence-electron chi connectivity index (χ0n) is 12.0. The van der Waals surface area contributed by atoms with Crippen molar-refractivity contribution in [2.75, 3.05) is 13.6 Å². The van der Waals surface area contributed by atoms with Crippen molar-refractivity contribution in [3.63, 3.8) is 0 Å². The van der Waals surface area contributed by atoms with E-state index in [0.29, 0.717) is 19.5 Å². The number of likely N-dealkylation sites (tertiary alicyclic amines) is 1. The number of aryl methyl sites for hydroxylation is 1. The average Bonchev–Trinajstić information content (AvgIpc) is 2.71. The van der Waals surface area contributed by atoms with E-state index in [4.69, 9.17) is 0 Å². The maximum atomic E-state index is 12.2. The Morgan fingerprint density at radius 2 is 2.10 bits per heavy atom. The lowest BCUT2D eigenvalue weighted by molar-refractivity contribution is -0.128. The molecule has 1 unspecified atom stereocenters. The van der Waals surface area contributed by atoms with Gasteiger partial charge in [-0.1, -0.05) is 0 Å². The molecular formula is C14H19N3O3. The van der Waals surface area contributed by atoms with Crippen molar-refractivity contribution in [2.45, 2.75) is 32.9 Å². The van der Waals surface area contributed by atoms with Crippen LogP contribution in [0.5, 0.6) is 0 Å². The van der Waals surface area contributed by atoms with Gasteiger partial charge < -0.3 is 14.8 Å². The minimum atomic E-state index is -0.525. The van der Waals surface area contributed by atoms with Gasteiger partial charge in [0.25, 0.3) is 11.5 Å². The fourth-order valence-corrected chi connectivity index (χ4v) is 2.43. The molecule has 0 aromatic carbocycles. The topological polar surface area (TPSA) is 71.4 Å². The molecule has 20 heavy (non-hydrogen) atoms. The third kappa shape index (κ3) is 2.45. The van der Waals surface area contributed by atoms with E-state index in [1.807, 2.05) is 13.8 Å². The molecular weight excluding hydrogens is 258 g/mol. The lowest BCUT2D eigenvalue weighted by Crippen LogP contribution is -2.43. The summed E-state index contributed by atoms with van der Waals surface area (Å²) in [6.45, 7) is 4.81. The van der Waals surface area contributed by atoms with Crippen LogP contribution in [-0.2, 0) is 11.3 Å². The fraction of sp³-hybridized carbons (Fsp3) is 0.500. The van der Waals surface area contributed by atoms with Crippen molar-refractivity contribution >= 4 is 11.8 Å². The Bertz CT molecular complexity index is 606. The molecule has 1 aliphatic rings. The van der Waals surface area contributed by atoms with Crippen LogP contribution in [0.25, 0.3) is 0 Å². The van der Waals surface area contributed by atoms with Crippen LogP contribution in [0, 0.1) is 6.92 Å². The van der Waals surface area contributed by atoms with Crippen LogP contribution in [0.2, 0.25) is 0 Å². The molecule has 1 fully saturated rings. The van der Waals surface area contributed by atoms with E-state index >= 15 is 0 Å². The summed E-state index contributed by atoms with van der Waals surface area (Å²) in [7, 11) is 1.70. The summed E-state index contributed by atoms with van der Waals surface area (Å²) in [5, 5.41) is 2.64. The molecule has 0 saturated carbocycles. The van der Waals surface area contributed by atoms with Gasteiger partial charge in [0.15, 0.2) is 0 Å². The first-order valence-corrected chi connectivity index (χ1v) is 6.72. The first kappa shape index (κ1) is 14.3. The first-order valence-electron chi connectivity index (χ1n) is 6.72. The van der Waals surface area contributed by atoms with E-state index in [1.165, 1.54) is 10.6 Å². The summed E-state index contributed by atoms with van der Waals surface area (Å²) >= 11 is 0. The number of likely N-dealkylation sites (N-methyl/N-ethyl adjacent to an activating group) is 1. The van der Waals surface area contributed by atoms with Crippen molar-refractivity contribution in [1.29, 1.82) is 0 Å². The van der Waals surface area contributed by atoms with E-state index in [-0.39, 0.29) is 17.0 Å². The molecule has 2 amide bonds. The molecule has 1 aliphatic heterocycles. The van der Waals surface area contributed by atoms with Crippen LogP contribution in [0.15, 0.2) is 16.9 Å². The van der Waals surface area contributed by atoms with Gasteiger partial charge in [0.05, 0.1) is 0 Å². The van der Waals surface area contributed by atoms with Gasteiger partial charge >= 0.3 is 0 Å². The van der Waals surface area contributed by atoms with E-state index in [0.717, 1.165) is 5.69 Å². The van der Waals surface area contributed by atoms with Crippen molar-refractivity contribution in [1.82, 2.24) is 14.8 Å². The quantitative estimate of drug-likeness (QED) is 0.854. The number of amides is 2. The largest absolute Gasteiger partial charge is 0.344 e. The molecule has 6 heteroatoms. The summed E-state index contributed by atoms with van der Waals surface area (Å²) in [6.07, 6.45) is 0.578. The molecule has 0 spiro atoms. The molecule has 2 rings (SSSR count). The molecule has 108 valence electrons. The predicted molar refractivity (Wildman–Crippen MR) is 74.6 cm³/mol. The van der Waals surface area contributed by atoms with Crippen LogP contribution in [-0.4, -0.2) is 40.9 Å². The Balaban J connectivity index is 2.22. The number of rotatable bonds is 3. The maximum Gasteiger partial charge on any atom is 0.263 e. The van der Waals surface area contributed by atoms with E-state index in [9.17, 15) is 14.4 Å². The number of pyridine rings is 1. The molecule has 0 bridgehead atoms. The van der Waals surface area contributed by atoms with Gasteiger partial charge in [-0.2, -0.15) is 0 Å². The van der Waals surface area contributed by atoms with E-state index < -0.39 is 11.9 Å². The van der Waals surface area contributed by atoms with Gasteiger partial charge in [0, 0.05) is 25.8 Å². The lowest BCUT2D eigenvalue weighted by Gasteiger charge is -2.13. The molecule has 2 heterocycles. The highest BCUT2D eigenvalue weighted by molar-refractivity contribution is 5.97. The van der Waals surface area contributed by atoms with E-state index in [2.05, 4.69) is 5.32 Å². The third-order valence-corrected chi connectivity index (χ3v) is 3.69. The van der Waals surface area contributed by atoms with Gasteiger partial charge in [-0.05, 0) is 32.4 Å². The highest BCUT2D eigenvalue weighted by atomic mass is 16.2. The number of nitrogens with one attached hydrogen (secondary N) is 1. The molecule has 1 saturated heterocycles. The van der Waals surface area contributed by atoms with Gasteiger partial charge in [0.1, 0.15) is 11.6 Å². The number of carbonyl (C=O) groups is 2. The van der Waals surface area contributed by atoms with Gasteiger partial charge in [-0.15, -0.1) is 0 Å². The zero-order valence-corrected chi connectivity index (χ0v) is 12.0. The van der Waals surface area contributed by atoms with Crippen molar-refractivity contribution in [3.05, 3.63) is 33.7 Å². The number of nitrogens with zero attached hydrogens (tertiary/aromatic N) is 2. The normalized spacial score (nSPS) is 18.4. The smallest absolute Gasteiger partial charge is 0.263 e. The monoisotopic (exact) mass is 277 g/mol. The van der Waals surface area contributed by atoms with Crippen molar-refractivity contribution in [3.8, 4) is 0 Å². The summed E-state index contributed by atoms with van der Waals surface area (Å²) in [6, 6.07) is 2.73. The van der Waals surface area contributed by atoms with Crippen LogP contribution in [0.3, 0.4) is 0 Å². The summed E-state index contributed by atoms with van der Waals surface area (Å²) in [5.74, 6) is -0.591. The zero-order chi connectivity index (χ0) is 14.9. The Hall–Kier alpha value is -2.11. The lowest BCUT2D eigenvalue weighted by atomic mass is 10.2. The molecule has 1 N–H and O–H groups in total. The summed E-state index contributed by atoms with van der Waals surface area (Å²) < 4.78 is 1.54. The van der Waals surface area contributed by atoms with E-state index in [1.54, 1.807) is 18.0 Å². The van der Waals surface area contributed by atoms with Gasteiger partial charge in [-0.3, -0.25) is 14.4 Å². The molecule has 1 atom stereocenters. The Morgan fingerprint density at radius 1 is 1.40 bits per heavy atom. The van der Waals surface area contributed by atoms with Crippen molar-refractivity contribution < 1.29 is 9.59 Å². The Labute approximate surface area is 117 Å². The fourth-order valence-electron chi connectivity index (χ4n) is 2.43. The van der Waals surface area contributed by atoms with Crippen molar-refractivity contribution in [2.24, 2.45) is 0 Å². The van der Waals surface area contributed by atoms with Crippen LogP contribution in [0.4, 0.5) is 0 Å². The molecule has 6 nitrogen and oxygen atoms in total. The van der Waals surface area contributed by atoms with Gasteiger partial charge in [0.2, 0.25) is 5.91 Å². The highest BCUT2D eigenvalue weighted by Gasteiger charge is 2.31. The standard InChI is InChI=1S/C14H19N3O3/c1-4-17-9(2)5-6-10(13(17)19)12(18)15-11-7-8-16(3)14(11)20/h5-6,11H,4,7-8H2,1-3H3,(H,15,18). The Kier molecular flexibility index (Phi) is 3.92. The number of carbonyl (C=O) groups excluding carboxylic acids is 2. The number of aromatic nitrogens is 1. The summed E-state index contributed by atoms with van der Waals surface area (Å²) in [5.41, 5.74) is 0.578. The van der Waals surface area contributed by atoms with Crippen LogP contribution < -0.4 is 10.9 Å². The minimum absolute atomic E-state index is 0.0832. The molecule has 0 radical (unpaired) electrons. The van der Waals surface area contributed by atoms with Gasteiger partial charge in [-0.25, -0.2) is 0 Å². The highest BCUT2D eigenvalue weighted by Crippen LogP contribution is 2.09. The number of hydrogen-bond acceptors (Lipinski definition) is 3. The maximum absolute atomic E-state index is 12.2. The number of hydrogen-bond donors (Lipinski definition) is 1. The molecule has 1 aromatic rings. The second kappa shape index (κ2) is 5.48. The average molecular weight is 277 g/mol. The molecule has 1 aromatic heterocycles. The Morgan fingerprint density at radius 3 is 2.65 bits per heavy atom. The van der Waals surface area contributed by atoms with Crippen LogP contribution >= 0.6 is 0 Å². The SMILES string of the molecule is CCn1c(C)ccc(C(=O)NC2CCN(C)C2=O)c1=O. The third-order valence-electron chi connectivity index (χ3n) is 3.69. The first-order chi connectivity index (χ1) is 9.45. The van der Waals surface area contributed by atoms with Crippen LogP contribution in [0.1, 0.15) is 29.4 Å².